The second-order valence-corrected chi connectivity index (χ2v) is 31.4. The van der Waals surface area contributed by atoms with Crippen molar-refractivity contribution >= 4 is 132 Å². The molecule has 2 aliphatic rings. The molecule has 132 heavy (non-hydrogen) atoms. The van der Waals surface area contributed by atoms with Crippen molar-refractivity contribution in [2.45, 2.75) is 207 Å². The van der Waals surface area contributed by atoms with Gasteiger partial charge in [-0.25, -0.2) is 14.4 Å². The molecule has 2 fully saturated rings. The predicted octanol–water partition coefficient (Wildman–Crippen LogP) is 6.74. The standard InChI is InChI=1S/C44H56N8O11.C44H58N8O9.3CHO.CH4.Tc/c1-27(2)39(42(60)52-22-10-15-35(52)43(61)62)50-41(59)34(24-37(54)55)48-40(58)33(14-7-9-21-51(26-38(56)57)25-31-12-6-8-20-45-31)47-36(53)23-29-16-18-30(19-17-29)46-44(63)49-32-13-5-4-11-28(32)3;1-28(2)40(43(60)52-23-11-13-30(52)4)50-42(59)36(25-38(54)55)48-41(58)35(16-8-10-22-51(27-39(56)57)26-33-14-7-9-21-45-33)47-37(53)24-31-17-19-32(20-18-31)46-44(61)49-34-15-6-5-12-29(34)3;3*1-2;;/h4-6,8,11-13,16-20,27,33-35,39H,7,9-10,14-15,21-26H2,1-3H3,(H,47,53)(H,48,58)(H,50,59)(H,54,55)(H,56,57)(H,61,62)(H2,46,49,63);5-7,9,12,14-15,17-21,28,30,35-36,40H,8,10-11,13,16,22-27H2,1-4H3,(H,47,53)(H,48,58)(H,50,59)(H,54,55)(H,56,57)(H2,46,49,61);3*1H;1H4;/q;;2*-1;+1;;/t33-,34-,35-,39-;30-,35+,36+,40+;;;;;/m01...../s1. The van der Waals surface area contributed by atoms with Crippen LogP contribution in [0.2, 0.25) is 0 Å². The number of nitrogens with one attached hydrogen (secondary N) is 10. The number of hydrogen-bond donors (Lipinski definition) is 15. The van der Waals surface area contributed by atoms with Crippen LogP contribution in [0.3, 0.4) is 0 Å². The van der Waals surface area contributed by atoms with E-state index in [0.717, 1.165) is 24.0 Å². The first-order chi connectivity index (χ1) is 62.1. The average Bonchev–Trinajstić information content (AvgIpc) is 1.63. The van der Waals surface area contributed by atoms with Gasteiger partial charge in [-0.1, -0.05) is 108 Å². The minimum Gasteiger partial charge on any atom is -0.545 e. The van der Waals surface area contributed by atoms with Gasteiger partial charge in [0, 0.05) is 92.3 Å². The van der Waals surface area contributed by atoms with Crippen LogP contribution >= 0.6 is 0 Å². The number of aryl methyl sites for hydroxylation is 2. The summed E-state index contributed by atoms with van der Waals surface area (Å²) in [5.74, 6) is -12.5. The van der Waals surface area contributed by atoms with Crippen molar-refractivity contribution in [2.24, 2.45) is 11.8 Å². The molecule has 2 saturated heterocycles. The molecule has 40 heteroatoms. The summed E-state index contributed by atoms with van der Waals surface area (Å²) in [4.78, 5) is 231. The first kappa shape index (κ1) is 114. The zero-order valence-corrected chi connectivity index (χ0v) is 75.9. The molecule has 715 valence electrons. The van der Waals surface area contributed by atoms with Crippen LogP contribution in [0.1, 0.15) is 153 Å². The second-order valence-electron chi connectivity index (χ2n) is 31.4. The van der Waals surface area contributed by atoms with E-state index in [9.17, 15) is 97.5 Å². The second kappa shape index (κ2) is 61.0. The summed E-state index contributed by atoms with van der Waals surface area (Å²) in [6, 6.07) is 28.3. The number of para-hydroxylation sites is 2. The number of likely N-dealkylation sites (tertiary alicyclic amines) is 2. The Morgan fingerprint density at radius 2 is 0.803 bits per heavy atom. The predicted molar refractivity (Wildman–Crippen MR) is 485 cm³/mol. The number of nitrogens with zero attached hydrogens (tertiary/aromatic N) is 6. The van der Waals surface area contributed by atoms with E-state index in [1.807, 2.05) is 51.1 Å². The van der Waals surface area contributed by atoms with Gasteiger partial charge < -0.3 is 98.1 Å². The number of benzene rings is 4. The Kier molecular flexibility index (Phi) is 52.9. The van der Waals surface area contributed by atoms with Gasteiger partial charge in [0.2, 0.25) is 47.3 Å². The van der Waals surface area contributed by atoms with Crippen LogP contribution in [0.15, 0.2) is 146 Å². The number of carbonyl (C=O) groups excluding carboxylic acids is 13. The summed E-state index contributed by atoms with van der Waals surface area (Å²) in [5.41, 5.74) is 6.44. The van der Waals surface area contributed by atoms with Crippen LogP contribution in [0, 0.1) is 25.7 Å². The van der Waals surface area contributed by atoms with Crippen molar-refractivity contribution in [2.75, 3.05) is 60.5 Å². The van der Waals surface area contributed by atoms with Crippen LogP contribution < -0.4 is 53.2 Å². The summed E-state index contributed by atoms with van der Waals surface area (Å²) >= 11 is 0. The molecule has 1 radical (unpaired) electrons. The first-order valence-corrected chi connectivity index (χ1v) is 42.0. The molecule has 0 unspecified atom stereocenters. The molecule has 4 heterocycles. The number of aliphatic carboxylic acids is 5. The van der Waals surface area contributed by atoms with Gasteiger partial charge in [-0.05, 0) is 193 Å². The van der Waals surface area contributed by atoms with Gasteiger partial charge in [0.1, 0.15) is 42.3 Å². The third kappa shape index (κ3) is 41.0. The number of anilines is 4. The molecule has 15 N–H and O–H groups in total. The van der Waals surface area contributed by atoms with E-state index in [2.05, 4.69) is 83.5 Å². The van der Waals surface area contributed by atoms with Crippen molar-refractivity contribution in [3.63, 3.8) is 0 Å². The molecule has 4 aromatic carbocycles. The van der Waals surface area contributed by atoms with E-state index in [-0.39, 0.29) is 110 Å². The number of amides is 12. The summed E-state index contributed by atoms with van der Waals surface area (Å²) in [7, 11) is 0. The molecule has 12 amide bonds. The quantitative estimate of drug-likeness (QED) is 0.0107. The number of pyridine rings is 2. The third-order valence-electron chi connectivity index (χ3n) is 20.8. The van der Waals surface area contributed by atoms with Crippen molar-refractivity contribution in [3.05, 3.63) is 179 Å². The molecule has 2 aromatic heterocycles. The number of hydrogen-bond acceptors (Lipinski definition) is 22. The zero-order chi connectivity index (χ0) is 96.5. The number of unbranched alkanes of at least 4 members (excludes halogenated alkanes) is 2. The molecular weight excluding hydrogens is 1800 g/mol. The number of carbonyl (C=O) groups is 15. The smallest absolute Gasteiger partial charge is 0.490 e. The van der Waals surface area contributed by atoms with Crippen LogP contribution in [-0.2, 0) is 123 Å². The zero-order valence-electron chi connectivity index (χ0n) is 74.1. The third-order valence-corrected chi connectivity index (χ3v) is 20.8. The minimum absolute atomic E-state index is 0. The Bertz CT molecular complexity index is 4710. The summed E-state index contributed by atoms with van der Waals surface area (Å²) in [6.07, 6.45) is 5.09. The molecule has 2 aliphatic heterocycles. The monoisotopic (exact) mass is 1910 g/mol. The van der Waals surface area contributed by atoms with Crippen LogP contribution in [0.5, 0.6) is 0 Å². The van der Waals surface area contributed by atoms with Gasteiger partial charge in [0.05, 0.1) is 50.2 Å². The van der Waals surface area contributed by atoms with Crippen molar-refractivity contribution in [1.29, 1.82) is 0 Å². The number of rotatable bonds is 45. The molecule has 0 aliphatic carbocycles. The molecule has 8 rings (SSSR count). The van der Waals surface area contributed by atoms with E-state index in [1.165, 1.54) is 4.90 Å². The molecule has 0 saturated carbocycles. The normalized spacial score (nSPS) is 14.1. The molecule has 39 nitrogen and oxygen atoms in total. The fraction of sp³-hybridized carbons (Fsp3) is 0.435. The average molecular weight is 1920 g/mol. The molecule has 0 spiro atoms. The fourth-order valence-corrected chi connectivity index (χ4v) is 14.2. The van der Waals surface area contributed by atoms with Gasteiger partial charge >= 0.3 is 48.7 Å². The van der Waals surface area contributed by atoms with Gasteiger partial charge in [-0.3, -0.25) is 90.9 Å². The Morgan fingerprint density at radius 1 is 0.447 bits per heavy atom. The Hall–Kier alpha value is -13.7. The Morgan fingerprint density at radius 3 is 1.14 bits per heavy atom. The number of carboxylic acid groups (broad SMARTS) is 5. The summed E-state index contributed by atoms with van der Waals surface area (Å²) in [5, 5.41) is 74.8. The summed E-state index contributed by atoms with van der Waals surface area (Å²) in [6.45, 7) is 23.5. The van der Waals surface area contributed by atoms with Gasteiger partial charge in [-0.2, -0.15) is 0 Å². The largest absolute Gasteiger partial charge is 0.545 e. The van der Waals surface area contributed by atoms with Crippen molar-refractivity contribution in [3.8, 4) is 0 Å². The minimum atomic E-state index is -1.69. The molecule has 8 atom stereocenters. The SMILES string of the molecule is C.Cc1ccccc1NC(=O)Nc1ccc(CC(=O)N[C@@H](CCCCN(CC(=O)O)Cc2ccccn2)C(=O)N[C@@H](CC(=O)O)C(=O)N[C@H](C(=O)N2CCC[C@H]2C(=O)O)C(C)C)cc1.Cc1ccccc1NC(=O)Nc1ccc(CC(=O)N[C@@H](CCCCN(CC(=O)O)Cc2ccccn2)C(=O)N[C@@H](CC(=O)O)C(=O)N[C@H](C(=O)N2CCC[C@H]2C)C(C)C)cc1.[CH+]=O.[CH-]=O.[CH-]=O.[Tc]. The Balaban J connectivity index is 0.000000834. The van der Waals surface area contributed by atoms with E-state index in [1.54, 1.807) is 158 Å². The summed E-state index contributed by atoms with van der Waals surface area (Å²) < 4.78 is 0. The van der Waals surface area contributed by atoms with Crippen LogP contribution in [0.25, 0.3) is 0 Å². The van der Waals surface area contributed by atoms with E-state index in [4.69, 9.17) is 14.4 Å². The molecular formula is C92H121N16O23Tc-. The molecule has 6 aromatic rings. The first-order valence-electron chi connectivity index (χ1n) is 42.0. The topological polar surface area (TPSA) is 567 Å². The molecule has 0 bridgehead atoms. The van der Waals surface area contributed by atoms with Crippen LogP contribution in [-0.4, -0.2) is 252 Å². The van der Waals surface area contributed by atoms with E-state index < -0.39 is 144 Å². The fourth-order valence-electron chi connectivity index (χ4n) is 14.2. The van der Waals surface area contributed by atoms with Crippen molar-refractivity contribution < 1.29 is 132 Å². The maximum absolute atomic E-state index is 13.9. The maximum atomic E-state index is 13.9. The van der Waals surface area contributed by atoms with Gasteiger partial charge in [0.25, 0.3) is 0 Å². The van der Waals surface area contributed by atoms with Crippen LogP contribution in [0.4, 0.5) is 32.3 Å². The maximum Gasteiger partial charge on any atom is 0.490 e. The van der Waals surface area contributed by atoms with E-state index in [0.29, 0.717) is 97.0 Å². The number of carboxylic acids is 5. The number of urea groups is 2. The Labute approximate surface area is 780 Å². The van der Waals surface area contributed by atoms with E-state index >= 15 is 0 Å². The van der Waals surface area contributed by atoms with Gasteiger partial charge in [0.15, 0.2) is 0 Å². The number of aromatic nitrogens is 2. The van der Waals surface area contributed by atoms with Gasteiger partial charge in [-0.15, -0.1) is 0 Å². The van der Waals surface area contributed by atoms with Crippen molar-refractivity contribution in [1.82, 2.24) is 61.5 Å².